The molecule has 31 heavy (non-hydrogen) atoms. The molecular weight excluding hydrogens is 390 g/mol. The fraction of sp³-hybridized carbons (Fsp3) is 0.240. The summed E-state index contributed by atoms with van der Waals surface area (Å²) < 4.78 is 0. The number of anilines is 2. The monoisotopic (exact) mass is 415 g/mol. The number of rotatable bonds is 7. The second kappa shape index (κ2) is 9.10. The molecule has 3 aromatic rings. The highest BCUT2D eigenvalue weighted by Crippen LogP contribution is 2.36. The molecule has 0 aliphatic carbocycles. The zero-order valence-corrected chi connectivity index (χ0v) is 17.5. The van der Waals surface area contributed by atoms with Crippen LogP contribution in [0, 0.1) is 0 Å². The molecule has 0 atom stereocenters. The number of Topliss-reactive ketones (excluding diaryl/α,β-unsaturated/α-hetero) is 1. The van der Waals surface area contributed by atoms with E-state index in [-0.39, 0.29) is 24.8 Å². The predicted octanol–water partition coefficient (Wildman–Crippen LogP) is 3.29. The first-order valence-electron chi connectivity index (χ1n) is 10.4. The summed E-state index contributed by atoms with van der Waals surface area (Å²) >= 11 is 0. The number of carbonyl (C=O) groups is 2. The number of aromatic nitrogens is 1. The number of fused-ring (bicyclic) bond motifs is 1. The predicted molar refractivity (Wildman–Crippen MR) is 120 cm³/mol. The molecule has 0 fully saturated rings. The van der Waals surface area contributed by atoms with Crippen LogP contribution in [0.25, 0.3) is 0 Å². The molecule has 0 unspecified atom stereocenters. The molecule has 0 saturated carbocycles. The molecule has 1 amide bonds. The zero-order chi connectivity index (χ0) is 21.8. The Morgan fingerprint density at radius 1 is 1.13 bits per heavy atom. The largest absolute Gasteiger partial charge is 0.395 e. The van der Waals surface area contributed by atoms with E-state index < -0.39 is 0 Å². The van der Waals surface area contributed by atoms with Gasteiger partial charge in [-0.3, -0.25) is 14.6 Å². The molecule has 1 aliphatic rings. The Kier molecular flexibility index (Phi) is 6.09. The van der Waals surface area contributed by atoms with E-state index >= 15 is 0 Å². The Balaban J connectivity index is 1.58. The third-order valence-corrected chi connectivity index (χ3v) is 5.50. The number of nitrogens with zero attached hydrogens (tertiary/aromatic N) is 2. The number of benzene rings is 2. The Labute approximate surface area is 181 Å². The van der Waals surface area contributed by atoms with E-state index in [0.29, 0.717) is 17.5 Å². The van der Waals surface area contributed by atoms with Crippen molar-refractivity contribution in [1.29, 1.82) is 0 Å². The van der Waals surface area contributed by atoms with Gasteiger partial charge in [-0.25, -0.2) is 0 Å². The number of carbonyl (C=O) groups excluding carboxylic acids is 2. The summed E-state index contributed by atoms with van der Waals surface area (Å²) in [6, 6.07) is 17.4. The first kappa shape index (κ1) is 20.8. The molecule has 6 nitrogen and oxygen atoms in total. The van der Waals surface area contributed by atoms with E-state index in [4.69, 9.17) is 5.11 Å². The van der Waals surface area contributed by atoms with Crippen molar-refractivity contribution in [2.45, 2.75) is 19.8 Å². The number of hydrogen-bond acceptors (Lipinski definition) is 5. The lowest BCUT2D eigenvalue weighted by Crippen LogP contribution is -2.27. The van der Waals surface area contributed by atoms with Crippen molar-refractivity contribution in [3.8, 4) is 0 Å². The van der Waals surface area contributed by atoms with Crippen LogP contribution in [-0.2, 0) is 12.8 Å². The van der Waals surface area contributed by atoms with E-state index in [1.165, 1.54) is 0 Å². The first-order valence-corrected chi connectivity index (χ1v) is 10.4. The van der Waals surface area contributed by atoms with Gasteiger partial charge in [0, 0.05) is 53.9 Å². The van der Waals surface area contributed by atoms with Crippen LogP contribution in [0.1, 0.15) is 44.5 Å². The highest BCUT2D eigenvalue weighted by Gasteiger charge is 2.25. The van der Waals surface area contributed by atoms with Crippen molar-refractivity contribution in [2.24, 2.45) is 0 Å². The second-order valence-corrected chi connectivity index (χ2v) is 7.62. The first-order chi connectivity index (χ1) is 15.1. The van der Waals surface area contributed by atoms with E-state index in [2.05, 4.69) is 21.3 Å². The number of ketones is 1. The van der Waals surface area contributed by atoms with Gasteiger partial charge in [0.25, 0.3) is 5.91 Å². The number of nitrogens with one attached hydrogen (secondary N) is 1. The van der Waals surface area contributed by atoms with Gasteiger partial charge in [-0.1, -0.05) is 24.3 Å². The number of amides is 1. The maximum atomic E-state index is 12.5. The third kappa shape index (κ3) is 4.49. The second-order valence-electron chi connectivity index (χ2n) is 7.62. The zero-order valence-electron chi connectivity index (χ0n) is 17.5. The van der Waals surface area contributed by atoms with Crippen LogP contribution >= 0.6 is 0 Å². The van der Waals surface area contributed by atoms with Gasteiger partial charge in [0.15, 0.2) is 5.78 Å². The van der Waals surface area contributed by atoms with Crippen LogP contribution in [0.3, 0.4) is 0 Å². The Hall–Kier alpha value is -3.51. The van der Waals surface area contributed by atoms with Crippen LogP contribution in [-0.4, -0.2) is 41.5 Å². The molecule has 1 aliphatic heterocycles. The van der Waals surface area contributed by atoms with E-state index in [1.54, 1.807) is 13.1 Å². The van der Waals surface area contributed by atoms with Crippen LogP contribution in [0.5, 0.6) is 0 Å². The van der Waals surface area contributed by atoms with Crippen LogP contribution in [0.4, 0.5) is 11.4 Å². The normalized spacial score (nSPS) is 12.5. The average molecular weight is 415 g/mol. The van der Waals surface area contributed by atoms with E-state index in [0.717, 1.165) is 41.2 Å². The van der Waals surface area contributed by atoms with Crippen LogP contribution in [0.15, 0.2) is 60.8 Å². The number of aliphatic hydroxyl groups excluding tert-OH is 1. The minimum Gasteiger partial charge on any atom is -0.395 e. The summed E-state index contributed by atoms with van der Waals surface area (Å²) in [6.45, 7) is 2.51. The minimum atomic E-state index is -0.159. The summed E-state index contributed by atoms with van der Waals surface area (Å²) in [5, 5.41) is 11.7. The molecule has 0 spiro atoms. The van der Waals surface area contributed by atoms with Crippen LogP contribution < -0.4 is 10.2 Å². The lowest BCUT2D eigenvalue weighted by Gasteiger charge is -2.20. The number of pyridine rings is 1. The summed E-state index contributed by atoms with van der Waals surface area (Å²) in [4.78, 5) is 30.9. The fourth-order valence-electron chi connectivity index (χ4n) is 4.02. The summed E-state index contributed by atoms with van der Waals surface area (Å²) in [6.07, 6.45) is 3.21. The van der Waals surface area contributed by atoms with Gasteiger partial charge in [0.1, 0.15) is 0 Å². The Bertz CT molecular complexity index is 1130. The SMILES string of the molecule is CC(=O)c1cccc(Cc2cc(N3CCc4c(C(=O)NCCO)cccc43)ccn2)c1. The van der Waals surface area contributed by atoms with E-state index in [1.807, 2.05) is 48.5 Å². The molecular formula is C25H25N3O3. The topological polar surface area (TPSA) is 82.5 Å². The number of hydrogen-bond donors (Lipinski definition) is 2. The molecule has 0 bridgehead atoms. The highest BCUT2D eigenvalue weighted by atomic mass is 16.3. The Morgan fingerprint density at radius 3 is 2.77 bits per heavy atom. The maximum Gasteiger partial charge on any atom is 0.251 e. The Morgan fingerprint density at radius 2 is 1.97 bits per heavy atom. The van der Waals surface area contributed by atoms with Crippen molar-refractivity contribution < 1.29 is 14.7 Å². The van der Waals surface area contributed by atoms with Gasteiger partial charge in [-0.2, -0.15) is 0 Å². The standard InChI is InChI=1S/C25H25N3O3/c1-17(30)19-5-2-4-18(14-19)15-20-16-21(8-10-26-20)28-12-9-22-23(6-3-7-24(22)28)25(31)27-11-13-29/h2-8,10,14,16,29H,9,11-13,15H2,1H3,(H,27,31). The average Bonchev–Trinajstić information content (AvgIpc) is 3.22. The van der Waals surface area contributed by atoms with Crippen molar-refractivity contribution in [2.75, 3.05) is 24.6 Å². The molecule has 4 rings (SSSR count). The summed E-state index contributed by atoms with van der Waals surface area (Å²) in [5.41, 5.74) is 6.39. The van der Waals surface area contributed by atoms with Crippen molar-refractivity contribution in [3.63, 3.8) is 0 Å². The third-order valence-electron chi connectivity index (χ3n) is 5.50. The molecule has 158 valence electrons. The maximum absolute atomic E-state index is 12.5. The lowest BCUT2D eigenvalue weighted by atomic mass is 10.0. The van der Waals surface area contributed by atoms with Gasteiger partial charge in [-0.15, -0.1) is 0 Å². The fourth-order valence-corrected chi connectivity index (χ4v) is 4.02. The van der Waals surface area contributed by atoms with Crippen molar-refractivity contribution in [1.82, 2.24) is 10.3 Å². The molecule has 0 radical (unpaired) electrons. The minimum absolute atomic E-state index is 0.0519. The van der Waals surface area contributed by atoms with Gasteiger partial charge in [0.2, 0.25) is 0 Å². The van der Waals surface area contributed by atoms with Gasteiger partial charge >= 0.3 is 0 Å². The molecule has 6 heteroatoms. The van der Waals surface area contributed by atoms with Crippen molar-refractivity contribution in [3.05, 3.63) is 88.7 Å². The molecule has 2 N–H and O–H groups in total. The molecule has 0 saturated heterocycles. The highest BCUT2D eigenvalue weighted by molar-refractivity contribution is 5.98. The van der Waals surface area contributed by atoms with E-state index in [9.17, 15) is 9.59 Å². The van der Waals surface area contributed by atoms with Gasteiger partial charge in [0.05, 0.1) is 6.61 Å². The van der Waals surface area contributed by atoms with Crippen LogP contribution in [0.2, 0.25) is 0 Å². The molecule has 1 aromatic heterocycles. The van der Waals surface area contributed by atoms with Crippen molar-refractivity contribution >= 4 is 23.1 Å². The molecule has 2 heterocycles. The smallest absolute Gasteiger partial charge is 0.251 e. The lowest BCUT2D eigenvalue weighted by molar-refractivity contribution is 0.0943. The van der Waals surface area contributed by atoms with Gasteiger partial charge < -0.3 is 15.3 Å². The summed E-state index contributed by atoms with van der Waals surface area (Å²) in [5.74, 6) is -0.107. The summed E-state index contributed by atoms with van der Waals surface area (Å²) in [7, 11) is 0. The molecule has 2 aromatic carbocycles. The quantitative estimate of drug-likeness (QED) is 0.579. The van der Waals surface area contributed by atoms with Gasteiger partial charge in [-0.05, 0) is 54.8 Å². The number of aliphatic hydroxyl groups is 1.